The van der Waals surface area contributed by atoms with Gasteiger partial charge in [-0.05, 0) is 21.6 Å². The van der Waals surface area contributed by atoms with Crippen LogP contribution in [0.15, 0.2) is 127 Å². The van der Waals surface area contributed by atoms with Gasteiger partial charge in [0.15, 0.2) is 0 Å². The number of benzene rings is 4. The van der Waals surface area contributed by atoms with E-state index in [9.17, 15) is 0 Å². The molecule has 1 aromatic heterocycles. The summed E-state index contributed by atoms with van der Waals surface area (Å²) in [7, 11) is -0.790. The number of hydrogen-bond donors (Lipinski definition) is 0. The lowest BCUT2D eigenvalue weighted by atomic mass is 10.2. The highest BCUT2D eigenvalue weighted by atomic mass is 28.4. The first-order chi connectivity index (χ1) is 15.8. The van der Waals surface area contributed by atoms with Gasteiger partial charge in [-0.1, -0.05) is 109 Å². The Kier molecular flexibility index (Phi) is 5.44. The van der Waals surface area contributed by atoms with Crippen LogP contribution in [0.1, 0.15) is 5.56 Å². The normalized spacial score (nSPS) is 11.8. The van der Waals surface area contributed by atoms with Crippen molar-refractivity contribution in [1.82, 2.24) is 4.57 Å². The predicted octanol–water partition coefficient (Wildman–Crippen LogP) is 4.20. The highest BCUT2D eigenvalue weighted by molar-refractivity contribution is 7.07. The summed E-state index contributed by atoms with van der Waals surface area (Å²) >= 11 is 0. The molecule has 0 fully saturated rings. The monoisotopic (exact) mass is 432 g/mol. The molecule has 0 spiro atoms. The molecule has 0 bridgehead atoms. The zero-order chi connectivity index (χ0) is 21.8. The second-order valence-corrected chi connectivity index (χ2v) is 11.1. The van der Waals surface area contributed by atoms with E-state index in [2.05, 4.69) is 120 Å². The lowest BCUT2D eigenvalue weighted by Gasteiger charge is -2.30. The van der Waals surface area contributed by atoms with Gasteiger partial charge in [-0.2, -0.15) is 0 Å². The molecule has 4 heteroatoms. The molecular formula is C28H24N2OSi. The van der Waals surface area contributed by atoms with Crippen molar-refractivity contribution in [1.29, 1.82) is 0 Å². The summed E-state index contributed by atoms with van der Waals surface area (Å²) < 4.78 is 8.77. The van der Waals surface area contributed by atoms with Crippen LogP contribution >= 0.6 is 0 Å². The van der Waals surface area contributed by atoms with Gasteiger partial charge < -0.3 is 9.09 Å². The summed E-state index contributed by atoms with van der Waals surface area (Å²) in [6.07, 6.45) is 3.94. The smallest absolute Gasteiger partial charge is 0.380 e. The van der Waals surface area contributed by atoms with E-state index in [4.69, 9.17) is 4.53 Å². The molecule has 32 heavy (non-hydrogen) atoms. The molecule has 0 amide bonds. The van der Waals surface area contributed by atoms with Gasteiger partial charge in [0.05, 0.1) is 6.21 Å². The fraction of sp³-hybridized carbons (Fsp3) is 0.0357. The van der Waals surface area contributed by atoms with E-state index in [1.807, 2.05) is 24.4 Å². The van der Waals surface area contributed by atoms with Gasteiger partial charge in [0.2, 0.25) is 0 Å². The number of fused-ring (bicyclic) bond motifs is 1. The molecule has 1 heterocycles. The molecule has 0 aliphatic carbocycles. The number of nitrogens with zero attached hydrogens (tertiary/aromatic N) is 2. The molecular weight excluding hydrogens is 408 g/mol. The minimum absolute atomic E-state index is 1.04. The Morgan fingerprint density at radius 3 is 1.66 bits per heavy atom. The highest BCUT2D eigenvalue weighted by Gasteiger charge is 2.44. The predicted molar refractivity (Wildman–Crippen MR) is 136 cm³/mol. The van der Waals surface area contributed by atoms with Gasteiger partial charge in [0.25, 0.3) is 0 Å². The first kappa shape index (κ1) is 20.0. The molecule has 0 aliphatic rings. The van der Waals surface area contributed by atoms with Crippen LogP contribution in [0.2, 0.25) is 0 Å². The third kappa shape index (κ3) is 3.55. The summed E-state index contributed by atoms with van der Waals surface area (Å²) in [4.78, 5) is 0. The molecule has 0 radical (unpaired) electrons. The number of aryl methyl sites for hydroxylation is 1. The van der Waals surface area contributed by atoms with Crippen molar-refractivity contribution < 1.29 is 4.53 Å². The Balaban J connectivity index is 1.65. The maximum Gasteiger partial charge on any atom is 0.380 e. The molecule has 3 nitrogen and oxygen atoms in total. The van der Waals surface area contributed by atoms with Crippen molar-refractivity contribution >= 4 is 41.0 Å². The van der Waals surface area contributed by atoms with Gasteiger partial charge in [-0.3, -0.25) is 0 Å². The third-order valence-electron chi connectivity index (χ3n) is 5.85. The molecule has 0 N–H and O–H groups in total. The lowest BCUT2D eigenvalue weighted by Crippen LogP contribution is -2.68. The first-order valence-electron chi connectivity index (χ1n) is 10.7. The molecule has 0 saturated heterocycles. The van der Waals surface area contributed by atoms with Crippen LogP contribution in [0.5, 0.6) is 0 Å². The first-order valence-corrected chi connectivity index (χ1v) is 12.6. The molecule has 156 valence electrons. The number of oxime groups is 1. The Labute approximate surface area is 189 Å². The number of para-hydroxylation sites is 1. The molecule has 0 saturated carbocycles. The van der Waals surface area contributed by atoms with E-state index < -0.39 is 8.32 Å². The lowest BCUT2D eigenvalue weighted by molar-refractivity contribution is 0.351. The third-order valence-corrected chi connectivity index (χ3v) is 9.67. The SMILES string of the molecule is Cn1cc(/C=N/O[Si](c2ccccc2)(c2ccccc2)c2ccccc2)c2ccccc21. The maximum absolute atomic E-state index is 6.65. The highest BCUT2D eigenvalue weighted by Crippen LogP contribution is 2.19. The average Bonchev–Trinajstić information content (AvgIpc) is 3.19. The van der Waals surface area contributed by atoms with Crippen molar-refractivity contribution in [2.75, 3.05) is 0 Å². The van der Waals surface area contributed by atoms with Crippen LogP contribution in [0.3, 0.4) is 0 Å². The summed E-state index contributed by atoms with van der Waals surface area (Å²) in [5.74, 6) is 0. The van der Waals surface area contributed by atoms with E-state index in [0.29, 0.717) is 0 Å². The van der Waals surface area contributed by atoms with Crippen LogP contribution < -0.4 is 15.6 Å². The Hall–Kier alpha value is -3.89. The Morgan fingerprint density at radius 1 is 0.656 bits per heavy atom. The minimum Gasteiger partial charge on any atom is -0.438 e. The van der Waals surface area contributed by atoms with Gasteiger partial charge >= 0.3 is 8.32 Å². The van der Waals surface area contributed by atoms with Crippen LogP contribution in [0, 0.1) is 0 Å². The van der Waals surface area contributed by atoms with Crippen molar-refractivity contribution in [3.05, 3.63) is 127 Å². The van der Waals surface area contributed by atoms with Gasteiger partial charge in [0.1, 0.15) is 0 Å². The van der Waals surface area contributed by atoms with Gasteiger partial charge in [-0.15, -0.1) is 5.16 Å². The largest absolute Gasteiger partial charge is 0.438 e. The Morgan fingerprint density at radius 2 is 1.12 bits per heavy atom. The molecule has 5 rings (SSSR count). The topological polar surface area (TPSA) is 26.5 Å². The summed E-state index contributed by atoms with van der Waals surface area (Å²) in [6.45, 7) is 0. The van der Waals surface area contributed by atoms with E-state index >= 15 is 0 Å². The number of hydrogen-bond acceptors (Lipinski definition) is 2. The minimum atomic E-state index is -2.84. The van der Waals surface area contributed by atoms with E-state index in [-0.39, 0.29) is 0 Å². The summed E-state index contributed by atoms with van der Waals surface area (Å²) in [5.41, 5.74) is 2.21. The molecule has 4 aromatic carbocycles. The van der Waals surface area contributed by atoms with Crippen LogP contribution in [-0.2, 0) is 11.6 Å². The zero-order valence-corrected chi connectivity index (χ0v) is 18.9. The average molecular weight is 433 g/mol. The van der Waals surface area contributed by atoms with Crippen molar-refractivity contribution in [3.63, 3.8) is 0 Å². The molecule has 0 atom stereocenters. The quantitative estimate of drug-likeness (QED) is 0.171. The fourth-order valence-electron chi connectivity index (χ4n) is 4.31. The van der Waals surface area contributed by atoms with Crippen LogP contribution in [0.4, 0.5) is 0 Å². The molecule has 0 unspecified atom stereocenters. The zero-order valence-electron chi connectivity index (χ0n) is 17.9. The van der Waals surface area contributed by atoms with Crippen LogP contribution in [0.25, 0.3) is 10.9 Å². The van der Waals surface area contributed by atoms with E-state index in [1.165, 1.54) is 5.52 Å². The maximum atomic E-state index is 6.65. The van der Waals surface area contributed by atoms with E-state index in [1.54, 1.807) is 0 Å². The van der Waals surface area contributed by atoms with Crippen LogP contribution in [-0.4, -0.2) is 19.1 Å². The number of rotatable bonds is 6. The van der Waals surface area contributed by atoms with Crippen molar-refractivity contribution in [2.24, 2.45) is 12.2 Å². The summed E-state index contributed by atoms with van der Waals surface area (Å²) in [6, 6.07) is 39.8. The summed E-state index contributed by atoms with van der Waals surface area (Å²) in [5, 5.41) is 9.27. The van der Waals surface area contributed by atoms with Gasteiger partial charge in [0, 0.05) is 29.7 Å². The second kappa shape index (κ2) is 8.69. The Bertz CT molecular complexity index is 1250. The van der Waals surface area contributed by atoms with Crippen molar-refractivity contribution in [3.8, 4) is 0 Å². The second-order valence-electron chi connectivity index (χ2n) is 7.82. The molecule has 5 aromatic rings. The standard InChI is InChI=1S/C28H24N2OSi/c1-30-22-23(27-19-11-12-20-28(27)30)21-29-31-32(24-13-5-2-6-14-24,25-15-7-3-8-16-25)26-17-9-4-10-18-26/h2-22H,1H3/b29-21+. The van der Waals surface area contributed by atoms with Gasteiger partial charge in [-0.25, -0.2) is 0 Å². The van der Waals surface area contributed by atoms with E-state index in [0.717, 1.165) is 26.5 Å². The van der Waals surface area contributed by atoms with Crippen molar-refractivity contribution in [2.45, 2.75) is 0 Å². The molecule has 0 aliphatic heterocycles. The fourth-order valence-corrected chi connectivity index (χ4v) is 7.83. The number of aromatic nitrogens is 1.